The molecule has 6 N–H and O–H groups in total. The van der Waals surface area contributed by atoms with E-state index in [4.69, 9.17) is 16.2 Å². The molecule has 0 spiro atoms. The molecular weight excluding hydrogens is 344 g/mol. The zero-order valence-corrected chi connectivity index (χ0v) is 14.5. The van der Waals surface area contributed by atoms with Crippen molar-refractivity contribution in [1.82, 2.24) is 25.4 Å². The summed E-state index contributed by atoms with van der Waals surface area (Å²) < 4.78 is 0. The van der Waals surface area contributed by atoms with Gasteiger partial charge in [-0.3, -0.25) is 5.41 Å². The lowest BCUT2D eigenvalue weighted by Crippen LogP contribution is -2.41. The highest BCUT2D eigenvalue weighted by Gasteiger charge is 2.43. The number of hydrogen-bond acceptors (Lipinski definition) is 6. The summed E-state index contributed by atoms with van der Waals surface area (Å²) in [6, 6.07) is 7.99. The number of nitrogens with zero attached hydrogens (tertiary/aromatic N) is 5. The topological polar surface area (TPSA) is 152 Å². The molecule has 2 heterocycles. The molecule has 0 saturated heterocycles. The first-order valence-electron chi connectivity index (χ1n) is 8.52. The molecule has 0 radical (unpaired) electrons. The molecule has 1 saturated carbocycles. The lowest BCUT2D eigenvalue weighted by molar-refractivity contribution is 0.336. The van der Waals surface area contributed by atoms with Crippen LogP contribution in [-0.4, -0.2) is 42.2 Å². The van der Waals surface area contributed by atoms with E-state index in [1.54, 1.807) is 12.4 Å². The minimum Gasteiger partial charge on any atom is -0.577 e. The van der Waals surface area contributed by atoms with Crippen LogP contribution in [0.3, 0.4) is 0 Å². The van der Waals surface area contributed by atoms with Gasteiger partial charge in [-0.2, -0.15) is 10.3 Å². The van der Waals surface area contributed by atoms with Gasteiger partial charge in [0.1, 0.15) is 5.84 Å². The van der Waals surface area contributed by atoms with E-state index in [1.807, 2.05) is 24.3 Å². The van der Waals surface area contributed by atoms with Crippen molar-refractivity contribution in [3.63, 3.8) is 0 Å². The largest absolute Gasteiger partial charge is 0.577 e. The fraction of sp³-hybridized carbons (Fsp3) is 0.222. The molecule has 0 atom stereocenters. The van der Waals surface area contributed by atoms with Gasteiger partial charge in [-0.05, 0) is 24.0 Å². The monoisotopic (exact) mass is 363 g/mol. The first kappa shape index (κ1) is 16.8. The second-order valence-corrected chi connectivity index (χ2v) is 6.51. The number of amidine groups is 1. The van der Waals surface area contributed by atoms with Crippen LogP contribution in [0.2, 0.25) is 0 Å². The maximum Gasteiger partial charge on any atom is 0.388 e. The van der Waals surface area contributed by atoms with Gasteiger partial charge in [-0.15, -0.1) is 10.1 Å². The molecule has 1 aliphatic carbocycles. The van der Waals surface area contributed by atoms with Crippen LogP contribution in [0.15, 0.2) is 47.8 Å². The van der Waals surface area contributed by atoms with Crippen LogP contribution in [0.5, 0.6) is 0 Å². The van der Waals surface area contributed by atoms with Gasteiger partial charge in [-0.25, -0.2) is 9.97 Å². The smallest absolute Gasteiger partial charge is 0.388 e. The SMILES string of the molecule is N=C(N=C([OH2+])c1cn[nH]n1)C1(c2ccc(-c3cnc(N)nc3)cc2)CCC1. The molecule has 2 aromatic heterocycles. The molecule has 1 fully saturated rings. The standard InChI is InChI=1S/C18H18N8O/c19-16(24-15(27)14-10-23-26-25-14)18(6-1-7-18)13-4-2-11(3-5-13)12-8-21-17(20)22-9-12/h2-5,8-10H,1,6-7H2,(H2,19,24,27)(H2,20,21,22)(H,23,25,26)/p+1. The van der Waals surface area contributed by atoms with Crippen molar-refractivity contribution >= 4 is 17.7 Å². The van der Waals surface area contributed by atoms with Crippen LogP contribution in [0.1, 0.15) is 30.5 Å². The van der Waals surface area contributed by atoms with Crippen LogP contribution >= 0.6 is 0 Å². The minimum atomic E-state index is -0.452. The highest BCUT2D eigenvalue weighted by Crippen LogP contribution is 2.45. The average molecular weight is 363 g/mol. The normalized spacial score (nSPS) is 15.9. The maximum atomic E-state index is 8.51. The highest BCUT2D eigenvalue weighted by molar-refractivity contribution is 6.04. The first-order chi connectivity index (χ1) is 13.1. The molecule has 9 nitrogen and oxygen atoms in total. The predicted molar refractivity (Wildman–Crippen MR) is 102 cm³/mol. The van der Waals surface area contributed by atoms with Crippen molar-refractivity contribution in [3.8, 4) is 11.1 Å². The van der Waals surface area contributed by atoms with Crippen LogP contribution in [0.4, 0.5) is 5.95 Å². The summed E-state index contributed by atoms with van der Waals surface area (Å²) in [5.41, 5.74) is 8.29. The molecule has 1 aromatic carbocycles. The van der Waals surface area contributed by atoms with E-state index in [0.29, 0.717) is 5.69 Å². The molecule has 0 unspecified atom stereocenters. The van der Waals surface area contributed by atoms with Crippen molar-refractivity contribution in [1.29, 1.82) is 5.41 Å². The van der Waals surface area contributed by atoms with E-state index in [1.165, 1.54) is 6.20 Å². The fourth-order valence-corrected chi connectivity index (χ4v) is 3.25. The Labute approximate surface area is 154 Å². The van der Waals surface area contributed by atoms with E-state index >= 15 is 0 Å². The summed E-state index contributed by atoms with van der Waals surface area (Å²) in [7, 11) is 0. The number of aromatic amines is 1. The Morgan fingerprint density at radius 2 is 1.81 bits per heavy atom. The van der Waals surface area contributed by atoms with Gasteiger partial charge < -0.3 is 10.8 Å². The van der Waals surface area contributed by atoms with Gasteiger partial charge in [0.15, 0.2) is 0 Å². The first-order valence-corrected chi connectivity index (χ1v) is 8.52. The number of aromatic nitrogens is 5. The number of hydrogen-bond donors (Lipinski definition) is 3. The van der Waals surface area contributed by atoms with E-state index in [-0.39, 0.29) is 17.7 Å². The summed E-state index contributed by atoms with van der Waals surface area (Å²) >= 11 is 0. The third-order valence-corrected chi connectivity index (χ3v) is 4.98. The summed E-state index contributed by atoms with van der Waals surface area (Å²) in [6.07, 6.45) is 7.51. The fourth-order valence-electron chi connectivity index (χ4n) is 3.25. The Balaban J connectivity index is 1.61. The number of anilines is 1. The third-order valence-electron chi connectivity index (χ3n) is 4.98. The van der Waals surface area contributed by atoms with E-state index in [0.717, 1.165) is 36.0 Å². The number of rotatable bonds is 4. The lowest BCUT2D eigenvalue weighted by Gasteiger charge is -2.41. The highest BCUT2D eigenvalue weighted by atomic mass is 16.3. The summed E-state index contributed by atoms with van der Waals surface area (Å²) in [5, 5.41) is 26.5. The number of nitrogens with one attached hydrogen (secondary N) is 2. The molecule has 0 amide bonds. The van der Waals surface area contributed by atoms with Crippen LogP contribution in [-0.2, 0) is 5.41 Å². The van der Waals surface area contributed by atoms with E-state index in [9.17, 15) is 0 Å². The summed E-state index contributed by atoms with van der Waals surface area (Å²) in [4.78, 5) is 12.2. The Hall–Kier alpha value is -3.62. The Bertz CT molecular complexity index is 973. The summed E-state index contributed by atoms with van der Waals surface area (Å²) in [6.45, 7) is 0. The molecule has 0 aliphatic heterocycles. The summed E-state index contributed by atoms with van der Waals surface area (Å²) in [5.74, 6) is 0.370. The van der Waals surface area contributed by atoms with E-state index in [2.05, 4.69) is 30.4 Å². The number of nitrogen functional groups attached to an aromatic ring is 1. The zero-order chi connectivity index (χ0) is 18.9. The van der Waals surface area contributed by atoms with Crippen LogP contribution in [0, 0.1) is 5.41 Å². The van der Waals surface area contributed by atoms with Crippen molar-refractivity contribution in [2.45, 2.75) is 24.7 Å². The van der Waals surface area contributed by atoms with Crippen molar-refractivity contribution in [2.24, 2.45) is 4.99 Å². The molecular formula is C18H19N8O+. The molecule has 136 valence electrons. The molecule has 9 heteroatoms. The van der Waals surface area contributed by atoms with Crippen LogP contribution in [0.25, 0.3) is 11.1 Å². The minimum absolute atomic E-state index is 0.0596. The van der Waals surface area contributed by atoms with Gasteiger partial charge in [0, 0.05) is 18.0 Å². The molecule has 0 bridgehead atoms. The number of H-pyrrole nitrogens is 1. The Kier molecular flexibility index (Phi) is 4.11. The number of nitrogens with two attached hydrogens (primary N) is 1. The molecule has 4 rings (SSSR count). The lowest BCUT2D eigenvalue weighted by atomic mass is 9.63. The Morgan fingerprint density at radius 3 is 2.37 bits per heavy atom. The quantitative estimate of drug-likeness (QED) is 0.363. The number of aliphatic imine (C=N–C) groups is 1. The van der Waals surface area contributed by atoms with Crippen molar-refractivity contribution < 1.29 is 5.11 Å². The van der Waals surface area contributed by atoms with Crippen LogP contribution < -0.4 is 5.73 Å². The molecule has 1 aliphatic rings. The average Bonchev–Trinajstić information content (AvgIpc) is 3.17. The van der Waals surface area contributed by atoms with E-state index < -0.39 is 5.41 Å². The zero-order valence-electron chi connectivity index (χ0n) is 14.5. The van der Waals surface area contributed by atoms with Gasteiger partial charge in [0.2, 0.25) is 11.6 Å². The second kappa shape index (κ2) is 6.60. The number of benzene rings is 1. The van der Waals surface area contributed by atoms with Crippen molar-refractivity contribution in [3.05, 3.63) is 54.1 Å². The second-order valence-electron chi connectivity index (χ2n) is 6.51. The van der Waals surface area contributed by atoms with Gasteiger partial charge in [0.05, 0.1) is 11.6 Å². The molecule has 3 aromatic rings. The van der Waals surface area contributed by atoms with Gasteiger partial charge >= 0.3 is 5.90 Å². The molecule has 27 heavy (non-hydrogen) atoms. The van der Waals surface area contributed by atoms with Gasteiger partial charge in [-0.1, -0.05) is 30.7 Å². The maximum absolute atomic E-state index is 8.51. The third kappa shape index (κ3) is 3.03. The van der Waals surface area contributed by atoms with Gasteiger partial charge in [0.25, 0.3) is 0 Å². The Morgan fingerprint density at radius 1 is 1.11 bits per heavy atom. The van der Waals surface area contributed by atoms with Crippen molar-refractivity contribution in [2.75, 3.05) is 5.73 Å². The predicted octanol–water partition coefficient (Wildman–Crippen LogP) is 1.41.